The average molecular weight is 310 g/mol. The molecule has 1 heterocycles. The van der Waals surface area contributed by atoms with Gasteiger partial charge in [-0.15, -0.1) is 0 Å². The van der Waals surface area contributed by atoms with E-state index in [2.05, 4.69) is 11.6 Å². The minimum Gasteiger partial charge on any atom is -0.319 e. The summed E-state index contributed by atoms with van der Waals surface area (Å²) in [5, 5.41) is 3.28. The van der Waals surface area contributed by atoms with Gasteiger partial charge in [-0.2, -0.15) is 11.8 Å². The zero-order valence-electron chi connectivity index (χ0n) is 12.8. The molecular weight excluding hydrogens is 287 g/mol. The zero-order chi connectivity index (χ0) is 15.4. The van der Waals surface area contributed by atoms with Crippen molar-refractivity contribution < 1.29 is 9.18 Å². The van der Waals surface area contributed by atoms with Gasteiger partial charge >= 0.3 is 0 Å². The van der Waals surface area contributed by atoms with Crippen molar-refractivity contribution in [2.75, 3.05) is 12.0 Å². The monoisotopic (exact) mass is 310 g/mol. The van der Waals surface area contributed by atoms with Crippen molar-refractivity contribution in [3.8, 4) is 0 Å². The van der Waals surface area contributed by atoms with E-state index in [9.17, 15) is 9.18 Å². The van der Waals surface area contributed by atoms with Gasteiger partial charge in [-0.05, 0) is 37.8 Å². The summed E-state index contributed by atoms with van der Waals surface area (Å²) in [6.07, 6.45) is 3.33. The summed E-state index contributed by atoms with van der Waals surface area (Å²) < 4.78 is 14.1. The second kappa shape index (κ2) is 7.27. The van der Waals surface area contributed by atoms with Crippen LogP contribution in [0.15, 0.2) is 24.3 Å². The predicted octanol–water partition coefficient (Wildman–Crippen LogP) is 3.18. The molecule has 0 saturated carbocycles. The van der Waals surface area contributed by atoms with E-state index >= 15 is 0 Å². The van der Waals surface area contributed by atoms with Crippen LogP contribution in [0.25, 0.3) is 0 Å². The lowest BCUT2D eigenvalue weighted by atomic mass is 10.1. The summed E-state index contributed by atoms with van der Waals surface area (Å²) in [7, 11) is 0. The summed E-state index contributed by atoms with van der Waals surface area (Å²) in [6.45, 7) is 4.02. The molecule has 0 aliphatic carbocycles. The summed E-state index contributed by atoms with van der Waals surface area (Å²) in [4.78, 5) is 14.4. The van der Waals surface area contributed by atoms with Crippen LogP contribution in [-0.2, 0) is 4.79 Å². The largest absolute Gasteiger partial charge is 0.319 e. The molecule has 1 fully saturated rings. The van der Waals surface area contributed by atoms with Crippen molar-refractivity contribution in [2.45, 2.75) is 44.9 Å². The van der Waals surface area contributed by atoms with Crippen molar-refractivity contribution >= 4 is 17.7 Å². The van der Waals surface area contributed by atoms with Gasteiger partial charge in [0.05, 0.1) is 6.04 Å². The maximum Gasteiger partial charge on any atom is 0.241 e. The Morgan fingerprint density at radius 1 is 1.43 bits per heavy atom. The van der Waals surface area contributed by atoms with E-state index in [1.807, 2.05) is 24.8 Å². The molecule has 1 saturated heterocycles. The zero-order valence-corrected chi connectivity index (χ0v) is 13.6. The van der Waals surface area contributed by atoms with Crippen molar-refractivity contribution in [3.63, 3.8) is 0 Å². The minimum atomic E-state index is -0.361. The smallest absolute Gasteiger partial charge is 0.241 e. The molecule has 2 rings (SSSR count). The van der Waals surface area contributed by atoms with Crippen LogP contribution < -0.4 is 5.32 Å². The van der Waals surface area contributed by atoms with E-state index < -0.39 is 0 Å². The number of hydrogen-bond donors (Lipinski definition) is 1. The number of hydrogen-bond acceptors (Lipinski definition) is 3. The van der Waals surface area contributed by atoms with Gasteiger partial charge in [0.15, 0.2) is 0 Å². The lowest BCUT2D eigenvalue weighted by molar-refractivity contribution is -0.132. The Morgan fingerprint density at radius 3 is 2.76 bits per heavy atom. The van der Waals surface area contributed by atoms with E-state index in [-0.39, 0.29) is 30.0 Å². The highest BCUT2D eigenvalue weighted by molar-refractivity contribution is 7.98. The van der Waals surface area contributed by atoms with Gasteiger partial charge < -0.3 is 4.90 Å². The lowest BCUT2D eigenvalue weighted by Crippen LogP contribution is -2.39. The summed E-state index contributed by atoms with van der Waals surface area (Å²) in [5.74, 6) is 0.812. The van der Waals surface area contributed by atoms with Gasteiger partial charge in [0.2, 0.25) is 5.91 Å². The van der Waals surface area contributed by atoms with Crippen molar-refractivity contribution in [1.29, 1.82) is 0 Å². The molecule has 3 atom stereocenters. The van der Waals surface area contributed by atoms with Gasteiger partial charge in [-0.25, -0.2) is 4.39 Å². The first-order chi connectivity index (χ1) is 10.1. The Kier molecular flexibility index (Phi) is 5.65. The average Bonchev–Trinajstić information content (AvgIpc) is 2.82. The molecule has 3 nitrogen and oxygen atoms in total. The van der Waals surface area contributed by atoms with Crippen LogP contribution in [0.3, 0.4) is 0 Å². The van der Waals surface area contributed by atoms with Gasteiger partial charge in [0.1, 0.15) is 12.0 Å². The topological polar surface area (TPSA) is 32.3 Å². The van der Waals surface area contributed by atoms with Gasteiger partial charge in [-0.3, -0.25) is 10.1 Å². The van der Waals surface area contributed by atoms with Gasteiger partial charge in [-0.1, -0.05) is 25.1 Å². The molecule has 1 N–H and O–H groups in total. The molecule has 5 heteroatoms. The van der Waals surface area contributed by atoms with E-state index in [0.29, 0.717) is 5.56 Å². The molecule has 1 aromatic rings. The highest BCUT2D eigenvalue weighted by atomic mass is 32.2. The normalized spacial score (nSPS) is 23.6. The number of nitrogens with zero attached hydrogens (tertiary/aromatic N) is 1. The first-order valence-corrected chi connectivity index (χ1v) is 8.81. The Morgan fingerprint density at radius 2 is 2.14 bits per heavy atom. The van der Waals surface area contributed by atoms with Crippen molar-refractivity contribution in [2.24, 2.45) is 0 Å². The molecule has 3 unspecified atom stereocenters. The highest BCUT2D eigenvalue weighted by Gasteiger charge is 2.41. The van der Waals surface area contributed by atoms with E-state index in [1.165, 1.54) is 6.07 Å². The third-order valence-electron chi connectivity index (χ3n) is 4.01. The van der Waals surface area contributed by atoms with Gasteiger partial charge in [0.25, 0.3) is 0 Å². The molecule has 1 aliphatic heterocycles. The molecule has 1 aromatic carbocycles. The molecule has 0 spiro atoms. The molecule has 0 aromatic heterocycles. The van der Waals surface area contributed by atoms with Crippen LogP contribution in [0.2, 0.25) is 0 Å². The number of thioether (sulfide) groups is 1. The SMILES string of the molecule is CCC1NC(c2ccccc2F)N(C(C)CCSC)C1=O. The maximum absolute atomic E-state index is 14.1. The third-order valence-corrected chi connectivity index (χ3v) is 4.66. The molecular formula is C16H23FN2OS. The molecule has 116 valence electrons. The standard InChI is InChI=1S/C16H23FN2OS/c1-4-14-16(20)19(11(2)9-10-21-3)15(18-14)12-7-5-6-8-13(12)17/h5-8,11,14-15,18H,4,9-10H2,1-3H3. The summed E-state index contributed by atoms with van der Waals surface area (Å²) in [5.41, 5.74) is 0.554. The van der Waals surface area contributed by atoms with Gasteiger partial charge in [0, 0.05) is 11.6 Å². The fourth-order valence-electron chi connectivity index (χ4n) is 2.78. The number of nitrogens with one attached hydrogen (secondary N) is 1. The Balaban J connectivity index is 2.28. The van der Waals surface area contributed by atoms with E-state index in [4.69, 9.17) is 0 Å². The van der Waals surface area contributed by atoms with E-state index in [1.54, 1.807) is 23.9 Å². The Labute approximate surface area is 130 Å². The molecule has 0 radical (unpaired) electrons. The van der Waals surface area contributed by atoms with Crippen molar-refractivity contribution in [1.82, 2.24) is 10.2 Å². The first kappa shape index (κ1) is 16.3. The molecule has 0 bridgehead atoms. The molecule has 1 amide bonds. The fourth-order valence-corrected chi connectivity index (χ4v) is 3.35. The quantitative estimate of drug-likeness (QED) is 0.876. The Bertz CT molecular complexity index is 497. The van der Waals surface area contributed by atoms with Crippen LogP contribution in [0.1, 0.15) is 38.4 Å². The summed E-state index contributed by atoms with van der Waals surface area (Å²) >= 11 is 1.76. The van der Waals surface area contributed by atoms with Crippen LogP contribution in [0.5, 0.6) is 0 Å². The second-order valence-corrected chi connectivity index (χ2v) is 6.41. The maximum atomic E-state index is 14.1. The number of halogens is 1. The first-order valence-electron chi connectivity index (χ1n) is 7.41. The van der Waals surface area contributed by atoms with Crippen LogP contribution in [0.4, 0.5) is 4.39 Å². The molecule has 21 heavy (non-hydrogen) atoms. The van der Waals surface area contributed by atoms with Crippen LogP contribution in [-0.4, -0.2) is 34.9 Å². The highest BCUT2D eigenvalue weighted by Crippen LogP contribution is 2.31. The number of rotatable bonds is 6. The van der Waals surface area contributed by atoms with Crippen LogP contribution >= 0.6 is 11.8 Å². The second-order valence-electron chi connectivity index (χ2n) is 5.43. The lowest BCUT2D eigenvalue weighted by Gasteiger charge is -2.30. The number of carbonyl (C=O) groups excluding carboxylic acids is 1. The number of amides is 1. The number of carbonyl (C=O) groups is 1. The fraction of sp³-hybridized carbons (Fsp3) is 0.562. The number of benzene rings is 1. The minimum absolute atomic E-state index is 0.0827. The van der Waals surface area contributed by atoms with Crippen molar-refractivity contribution in [3.05, 3.63) is 35.6 Å². The van der Waals surface area contributed by atoms with E-state index in [0.717, 1.165) is 18.6 Å². The summed E-state index contributed by atoms with van der Waals surface area (Å²) in [6, 6.07) is 6.58. The Hall–Kier alpha value is -1.07. The van der Waals surface area contributed by atoms with Crippen LogP contribution in [0, 0.1) is 5.82 Å². The predicted molar refractivity (Wildman–Crippen MR) is 85.7 cm³/mol. The third kappa shape index (κ3) is 3.40. The molecule has 1 aliphatic rings.